The van der Waals surface area contributed by atoms with E-state index in [1.807, 2.05) is 36.1 Å². The Morgan fingerprint density at radius 2 is 1.87 bits per heavy atom. The Labute approximate surface area is 228 Å². The minimum atomic E-state index is -1.20. The Hall–Kier alpha value is -4.26. The third kappa shape index (κ3) is 6.25. The fourth-order valence-electron chi connectivity index (χ4n) is 5.10. The lowest BCUT2D eigenvalue weighted by molar-refractivity contribution is -0.131. The lowest BCUT2D eigenvalue weighted by Crippen LogP contribution is -2.43. The predicted octanol–water partition coefficient (Wildman–Crippen LogP) is 7.17. The Bertz CT molecular complexity index is 1380. The summed E-state index contributed by atoms with van der Waals surface area (Å²) in [5.41, 5.74) is 5.19. The molecule has 0 saturated heterocycles. The van der Waals surface area contributed by atoms with E-state index < -0.39 is 23.7 Å². The van der Waals surface area contributed by atoms with Crippen molar-refractivity contribution in [2.45, 2.75) is 44.2 Å². The van der Waals surface area contributed by atoms with Gasteiger partial charge in [0.05, 0.1) is 0 Å². The number of carboxylic acids is 1. The van der Waals surface area contributed by atoms with Gasteiger partial charge in [0.25, 0.3) is 0 Å². The summed E-state index contributed by atoms with van der Waals surface area (Å²) in [6.07, 6.45) is 10.2. The number of allylic oxidation sites excluding steroid dienone is 6. The Balaban J connectivity index is 1.84. The maximum absolute atomic E-state index is 16.2. The van der Waals surface area contributed by atoms with Gasteiger partial charge in [0.1, 0.15) is 6.04 Å². The molecule has 2 unspecified atom stereocenters. The Kier molecular flexibility index (Phi) is 8.59. The van der Waals surface area contributed by atoms with E-state index in [4.69, 9.17) is 10.5 Å². The smallest absolute Gasteiger partial charge is 0.328 e. The number of nitrogens with one attached hydrogen (secondary N) is 2. The maximum Gasteiger partial charge on any atom is 0.328 e. The molecule has 2 aromatic rings. The molecule has 0 amide bonds. The lowest BCUT2D eigenvalue weighted by atomic mass is 9.85. The average molecular weight is 530 g/mol. The van der Waals surface area contributed by atoms with E-state index in [1.54, 1.807) is 19.3 Å². The van der Waals surface area contributed by atoms with E-state index in [2.05, 4.69) is 24.0 Å². The zero-order valence-corrected chi connectivity index (χ0v) is 22.1. The van der Waals surface area contributed by atoms with Crippen LogP contribution < -0.4 is 10.2 Å². The van der Waals surface area contributed by atoms with Crippen LogP contribution in [0.2, 0.25) is 0 Å². The number of nitrogens with zero attached hydrogens (tertiary/aromatic N) is 1. The number of carbonyl (C=O) groups is 1. The fourth-order valence-corrected chi connectivity index (χ4v) is 5.10. The van der Waals surface area contributed by atoms with Gasteiger partial charge in [-0.05, 0) is 84.2 Å². The summed E-state index contributed by atoms with van der Waals surface area (Å²) in [6.45, 7) is 5.58. The summed E-state index contributed by atoms with van der Waals surface area (Å²) in [5, 5.41) is 19.6. The van der Waals surface area contributed by atoms with Gasteiger partial charge in [-0.25, -0.2) is 13.6 Å². The highest BCUT2D eigenvalue weighted by Gasteiger charge is 2.37. The first kappa shape index (κ1) is 27.8. The van der Waals surface area contributed by atoms with Gasteiger partial charge in [-0.15, -0.1) is 0 Å². The molecule has 2 aromatic carbocycles. The summed E-state index contributed by atoms with van der Waals surface area (Å²) < 4.78 is 31.7. The molecule has 2 aliphatic rings. The van der Waals surface area contributed by atoms with Gasteiger partial charge in [0.2, 0.25) is 0 Å². The summed E-state index contributed by atoms with van der Waals surface area (Å²) >= 11 is 0. The van der Waals surface area contributed by atoms with E-state index in [-0.39, 0.29) is 11.6 Å². The SMILES string of the molecule is C=CC(/C=C/C(=O)O)=C\C(F)=C(/F)C1c2ccc(/C(C=N)=C/NC)cc2CC(C)N1c1ccc(C2CC2)cc1. The number of fused-ring (bicyclic) bond motifs is 1. The first-order valence-electron chi connectivity index (χ1n) is 13.0. The fraction of sp³-hybridized carbons (Fsp3) is 0.250. The van der Waals surface area contributed by atoms with Crippen molar-refractivity contribution < 1.29 is 18.7 Å². The average Bonchev–Trinajstić information content (AvgIpc) is 3.78. The van der Waals surface area contributed by atoms with Crippen LogP contribution in [0.4, 0.5) is 14.5 Å². The lowest BCUT2D eigenvalue weighted by Gasteiger charge is -2.43. The van der Waals surface area contributed by atoms with E-state index in [9.17, 15) is 4.79 Å². The summed E-state index contributed by atoms with van der Waals surface area (Å²) in [6, 6.07) is 12.5. The van der Waals surface area contributed by atoms with E-state index in [0.29, 0.717) is 23.5 Å². The molecule has 1 fully saturated rings. The summed E-state index contributed by atoms with van der Waals surface area (Å²) in [7, 11) is 1.76. The van der Waals surface area contributed by atoms with Crippen LogP contribution in [0.5, 0.6) is 0 Å². The van der Waals surface area contributed by atoms with Crippen molar-refractivity contribution in [2.24, 2.45) is 0 Å². The molecule has 202 valence electrons. The van der Waals surface area contributed by atoms with Crippen LogP contribution in [0.15, 0.2) is 96.8 Å². The molecule has 4 rings (SSSR count). The maximum atomic E-state index is 16.2. The standard InChI is InChI=1S/C32H33F2N3O2/c1-4-21(5-14-30(38)39)16-29(33)31(34)32-28-13-10-24(26(18-35)19-36-3)17-25(28)15-20(2)37(32)27-11-8-23(9-12-27)22-6-7-22/h4-5,8-14,16-20,22,32,35-36H,1,6-7,15H2,2-3H3,(H,38,39)/b14-5+,21-16+,26-19+,31-29+,35-18?. The van der Waals surface area contributed by atoms with Crippen LogP contribution in [0, 0.1) is 5.41 Å². The van der Waals surface area contributed by atoms with Crippen LogP contribution in [-0.2, 0) is 11.2 Å². The van der Waals surface area contributed by atoms with Gasteiger partial charge >= 0.3 is 5.97 Å². The van der Waals surface area contributed by atoms with Gasteiger partial charge < -0.3 is 20.7 Å². The Morgan fingerprint density at radius 1 is 1.15 bits per heavy atom. The van der Waals surface area contributed by atoms with Crippen LogP contribution in [-0.4, -0.2) is 30.4 Å². The number of rotatable bonds is 10. The molecule has 7 heteroatoms. The van der Waals surface area contributed by atoms with Gasteiger partial charge in [-0.2, -0.15) is 0 Å². The third-order valence-electron chi connectivity index (χ3n) is 7.15. The van der Waals surface area contributed by atoms with Crippen molar-refractivity contribution in [1.29, 1.82) is 5.41 Å². The quantitative estimate of drug-likeness (QED) is 0.173. The third-order valence-corrected chi connectivity index (χ3v) is 7.15. The molecule has 0 radical (unpaired) electrons. The molecule has 0 aromatic heterocycles. The number of benzene rings is 2. The molecule has 2 atom stereocenters. The van der Waals surface area contributed by atoms with Crippen LogP contribution in [0.1, 0.15) is 54.0 Å². The highest BCUT2D eigenvalue weighted by Crippen LogP contribution is 2.45. The monoisotopic (exact) mass is 529 g/mol. The van der Waals surface area contributed by atoms with E-state index >= 15 is 8.78 Å². The molecule has 39 heavy (non-hydrogen) atoms. The topological polar surface area (TPSA) is 76.4 Å². The number of hydrogen-bond donors (Lipinski definition) is 3. The number of carboxylic acid groups (broad SMARTS) is 1. The van der Waals surface area contributed by atoms with Crippen molar-refractivity contribution in [3.63, 3.8) is 0 Å². The molecule has 1 saturated carbocycles. The van der Waals surface area contributed by atoms with Crippen LogP contribution in [0.3, 0.4) is 0 Å². The zero-order chi connectivity index (χ0) is 28.1. The highest BCUT2D eigenvalue weighted by molar-refractivity contribution is 6.08. The zero-order valence-electron chi connectivity index (χ0n) is 22.1. The molecule has 1 aliphatic heterocycles. The van der Waals surface area contributed by atoms with Gasteiger partial charge in [-0.3, -0.25) is 0 Å². The molecular formula is C32H33F2N3O2. The van der Waals surface area contributed by atoms with Gasteiger partial charge in [0.15, 0.2) is 11.7 Å². The van der Waals surface area contributed by atoms with Crippen LogP contribution >= 0.6 is 0 Å². The van der Waals surface area contributed by atoms with Crippen molar-refractivity contribution in [3.8, 4) is 0 Å². The molecular weight excluding hydrogens is 496 g/mol. The van der Waals surface area contributed by atoms with Crippen molar-refractivity contribution in [2.75, 3.05) is 11.9 Å². The Morgan fingerprint density at radius 3 is 2.46 bits per heavy atom. The molecule has 3 N–H and O–H groups in total. The minimum absolute atomic E-state index is 0.137. The van der Waals surface area contributed by atoms with E-state index in [1.165, 1.54) is 36.8 Å². The normalized spacial score (nSPS) is 20.4. The number of hydrogen-bond acceptors (Lipinski definition) is 4. The molecule has 5 nitrogen and oxygen atoms in total. The van der Waals surface area contributed by atoms with E-state index in [0.717, 1.165) is 29.0 Å². The highest BCUT2D eigenvalue weighted by atomic mass is 19.2. The second kappa shape index (κ2) is 12.1. The number of anilines is 1. The first-order chi connectivity index (χ1) is 18.8. The summed E-state index contributed by atoms with van der Waals surface area (Å²) in [5.74, 6) is -2.68. The number of aliphatic carboxylic acids is 1. The predicted molar refractivity (Wildman–Crippen MR) is 153 cm³/mol. The van der Waals surface area contributed by atoms with Crippen molar-refractivity contribution >= 4 is 23.4 Å². The van der Waals surface area contributed by atoms with Crippen LogP contribution in [0.25, 0.3) is 5.57 Å². The first-order valence-corrected chi connectivity index (χ1v) is 13.0. The molecule has 0 bridgehead atoms. The second-order valence-electron chi connectivity index (χ2n) is 9.89. The molecule has 1 aliphatic carbocycles. The summed E-state index contributed by atoms with van der Waals surface area (Å²) in [4.78, 5) is 12.8. The second-order valence-corrected chi connectivity index (χ2v) is 9.89. The number of halogens is 2. The van der Waals surface area contributed by atoms with Gasteiger partial charge in [-0.1, -0.05) is 43.0 Å². The largest absolute Gasteiger partial charge is 0.478 e. The molecule has 1 heterocycles. The van der Waals surface area contributed by atoms with Gasteiger partial charge in [0, 0.05) is 42.8 Å². The minimum Gasteiger partial charge on any atom is -0.478 e. The van der Waals surface area contributed by atoms with Crippen molar-refractivity contribution in [1.82, 2.24) is 5.32 Å². The molecule has 0 spiro atoms. The van der Waals surface area contributed by atoms with Crippen molar-refractivity contribution in [3.05, 3.63) is 119 Å².